The van der Waals surface area contributed by atoms with Gasteiger partial charge in [-0.1, -0.05) is 6.92 Å². The predicted octanol–water partition coefficient (Wildman–Crippen LogP) is 1.47. The van der Waals surface area contributed by atoms with Gasteiger partial charge in [-0.25, -0.2) is 0 Å². The van der Waals surface area contributed by atoms with Crippen LogP contribution in [0.4, 0.5) is 0 Å². The van der Waals surface area contributed by atoms with E-state index in [1.807, 2.05) is 0 Å². The van der Waals surface area contributed by atoms with E-state index in [9.17, 15) is 0 Å². The van der Waals surface area contributed by atoms with Crippen molar-refractivity contribution in [1.29, 1.82) is 0 Å². The molecule has 1 atom stereocenters. The highest BCUT2D eigenvalue weighted by atomic mass is 15.1. The van der Waals surface area contributed by atoms with Crippen molar-refractivity contribution >= 4 is 0 Å². The van der Waals surface area contributed by atoms with E-state index in [1.165, 1.54) is 51.9 Å². The van der Waals surface area contributed by atoms with Crippen molar-refractivity contribution in [1.82, 2.24) is 10.2 Å². The summed E-state index contributed by atoms with van der Waals surface area (Å²) in [7, 11) is 0. The second kappa shape index (κ2) is 4.43. The largest absolute Gasteiger partial charge is 0.314 e. The molecule has 2 nitrogen and oxygen atoms in total. The summed E-state index contributed by atoms with van der Waals surface area (Å²) in [6.07, 6.45) is 5.67. The number of nitrogens with one attached hydrogen (secondary N) is 1. The third kappa shape index (κ3) is 2.23. The van der Waals surface area contributed by atoms with E-state index in [1.54, 1.807) is 0 Å². The Morgan fingerprint density at radius 2 is 2.00 bits per heavy atom. The molecule has 1 N–H and O–H groups in total. The molecule has 0 bridgehead atoms. The van der Waals surface area contributed by atoms with Crippen LogP contribution in [0.1, 0.15) is 32.6 Å². The van der Waals surface area contributed by atoms with Gasteiger partial charge in [0.2, 0.25) is 0 Å². The molecule has 0 aliphatic carbocycles. The molecule has 76 valence electrons. The van der Waals surface area contributed by atoms with Crippen LogP contribution in [0.3, 0.4) is 0 Å². The van der Waals surface area contributed by atoms with E-state index in [0.29, 0.717) is 0 Å². The molecule has 2 heterocycles. The first-order chi connectivity index (χ1) is 6.40. The highest BCUT2D eigenvalue weighted by Crippen LogP contribution is 2.25. The molecule has 13 heavy (non-hydrogen) atoms. The molecule has 2 fully saturated rings. The fourth-order valence-electron chi connectivity index (χ4n) is 2.79. The molecule has 2 saturated heterocycles. The van der Waals surface area contributed by atoms with Crippen LogP contribution in [0.5, 0.6) is 0 Å². The van der Waals surface area contributed by atoms with E-state index >= 15 is 0 Å². The number of likely N-dealkylation sites (tertiary alicyclic amines) is 1. The zero-order chi connectivity index (χ0) is 9.10. The summed E-state index contributed by atoms with van der Waals surface area (Å²) in [5.74, 6) is 0.977. The molecule has 0 aromatic heterocycles. The van der Waals surface area contributed by atoms with Gasteiger partial charge in [0, 0.05) is 6.04 Å². The van der Waals surface area contributed by atoms with Crippen LogP contribution in [-0.2, 0) is 0 Å². The molecule has 2 aliphatic heterocycles. The summed E-state index contributed by atoms with van der Waals surface area (Å²) >= 11 is 0. The Hall–Kier alpha value is -0.0800. The van der Waals surface area contributed by atoms with Crippen molar-refractivity contribution in [2.75, 3.05) is 26.2 Å². The molecule has 2 heteroatoms. The number of piperidine rings is 1. The van der Waals surface area contributed by atoms with Gasteiger partial charge in [-0.05, 0) is 57.8 Å². The highest BCUT2D eigenvalue weighted by molar-refractivity contribution is 4.85. The van der Waals surface area contributed by atoms with Gasteiger partial charge in [0.05, 0.1) is 0 Å². The highest BCUT2D eigenvalue weighted by Gasteiger charge is 2.27. The van der Waals surface area contributed by atoms with Gasteiger partial charge in [-0.3, -0.25) is 0 Å². The molecule has 0 saturated carbocycles. The van der Waals surface area contributed by atoms with E-state index in [2.05, 4.69) is 17.1 Å². The minimum atomic E-state index is 0.860. The van der Waals surface area contributed by atoms with Gasteiger partial charge in [0.1, 0.15) is 0 Å². The smallest absolute Gasteiger partial charge is 0.00967 e. The second-order valence-corrected chi connectivity index (χ2v) is 4.47. The second-order valence-electron chi connectivity index (χ2n) is 4.47. The Bertz CT molecular complexity index is 144. The van der Waals surface area contributed by atoms with Crippen LogP contribution in [0.15, 0.2) is 0 Å². The third-order valence-corrected chi connectivity index (χ3v) is 3.75. The molecule has 2 rings (SSSR count). The lowest BCUT2D eigenvalue weighted by molar-refractivity contribution is 0.170. The summed E-state index contributed by atoms with van der Waals surface area (Å²) in [6, 6.07) is 0.860. The first kappa shape index (κ1) is 9.47. The van der Waals surface area contributed by atoms with Crippen LogP contribution in [0.2, 0.25) is 0 Å². The monoisotopic (exact) mass is 182 g/mol. The fraction of sp³-hybridized carbons (Fsp3) is 1.00. The molecule has 0 aromatic carbocycles. The van der Waals surface area contributed by atoms with Crippen molar-refractivity contribution in [2.45, 2.75) is 38.6 Å². The number of nitrogens with zero attached hydrogens (tertiary/aromatic N) is 1. The lowest BCUT2D eigenvalue weighted by Crippen LogP contribution is -2.40. The molecule has 0 spiro atoms. The Morgan fingerprint density at radius 3 is 2.54 bits per heavy atom. The Kier molecular flexibility index (Phi) is 3.23. The average Bonchev–Trinajstić information content (AvgIpc) is 2.71. The molecule has 2 aliphatic rings. The van der Waals surface area contributed by atoms with E-state index in [-0.39, 0.29) is 0 Å². The average molecular weight is 182 g/mol. The van der Waals surface area contributed by atoms with Gasteiger partial charge in [0.25, 0.3) is 0 Å². The lowest BCUT2D eigenvalue weighted by atomic mass is 9.88. The minimum Gasteiger partial charge on any atom is -0.314 e. The molecular weight excluding hydrogens is 160 g/mol. The van der Waals surface area contributed by atoms with E-state index < -0.39 is 0 Å². The maximum absolute atomic E-state index is 3.64. The van der Waals surface area contributed by atoms with Gasteiger partial charge < -0.3 is 10.2 Å². The summed E-state index contributed by atoms with van der Waals surface area (Å²) in [5, 5.41) is 3.64. The summed E-state index contributed by atoms with van der Waals surface area (Å²) in [4.78, 5) is 2.57. The van der Waals surface area contributed by atoms with Crippen molar-refractivity contribution in [2.24, 2.45) is 5.92 Å². The summed E-state index contributed by atoms with van der Waals surface area (Å²) < 4.78 is 0. The fourth-order valence-corrected chi connectivity index (χ4v) is 2.79. The molecule has 1 unspecified atom stereocenters. The summed E-state index contributed by atoms with van der Waals surface area (Å²) in [5.41, 5.74) is 0. The van der Waals surface area contributed by atoms with E-state index in [0.717, 1.165) is 12.0 Å². The maximum Gasteiger partial charge on any atom is 0.00967 e. The normalized spacial score (nSPS) is 32.5. The van der Waals surface area contributed by atoms with Crippen molar-refractivity contribution in [3.05, 3.63) is 0 Å². The van der Waals surface area contributed by atoms with Crippen LogP contribution in [0.25, 0.3) is 0 Å². The Balaban J connectivity index is 1.77. The minimum absolute atomic E-state index is 0.860. The zero-order valence-corrected chi connectivity index (χ0v) is 8.76. The van der Waals surface area contributed by atoms with Crippen molar-refractivity contribution in [3.8, 4) is 0 Å². The summed E-state index contributed by atoms with van der Waals surface area (Å²) in [6.45, 7) is 7.44. The lowest BCUT2D eigenvalue weighted by Gasteiger charge is -2.34. The molecular formula is C11H22N2. The topological polar surface area (TPSA) is 15.3 Å². The standard InChI is InChI=1S/C11H22N2/c1-2-13-8-5-10(6-9-13)11-4-3-7-12-11/h10-12H,2-9H2,1H3. The van der Waals surface area contributed by atoms with Gasteiger partial charge in [-0.15, -0.1) is 0 Å². The quantitative estimate of drug-likeness (QED) is 0.695. The van der Waals surface area contributed by atoms with Gasteiger partial charge >= 0.3 is 0 Å². The number of hydrogen-bond acceptors (Lipinski definition) is 2. The molecule has 0 radical (unpaired) electrons. The van der Waals surface area contributed by atoms with Crippen LogP contribution >= 0.6 is 0 Å². The first-order valence-electron chi connectivity index (χ1n) is 5.86. The van der Waals surface area contributed by atoms with Gasteiger partial charge in [-0.2, -0.15) is 0 Å². The Morgan fingerprint density at radius 1 is 1.23 bits per heavy atom. The number of rotatable bonds is 2. The predicted molar refractivity (Wildman–Crippen MR) is 55.9 cm³/mol. The maximum atomic E-state index is 3.64. The SMILES string of the molecule is CCN1CCC(C2CCCN2)CC1. The van der Waals surface area contributed by atoms with Crippen LogP contribution in [0, 0.1) is 5.92 Å². The van der Waals surface area contributed by atoms with E-state index in [4.69, 9.17) is 0 Å². The first-order valence-corrected chi connectivity index (χ1v) is 5.86. The van der Waals surface area contributed by atoms with Crippen LogP contribution < -0.4 is 5.32 Å². The zero-order valence-electron chi connectivity index (χ0n) is 8.76. The van der Waals surface area contributed by atoms with Crippen LogP contribution in [-0.4, -0.2) is 37.1 Å². The Labute approximate surface area is 81.7 Å². The molecule has 0 amide bonds. The molecule has 0 aromatic rings. The van der Waals surface area contributed by atoms with Crippen molar-refractivity contribution in [3.63, 3.8) is 0 Å². The third-order valence-electron chi connectivity index (χ3n) is 3.75. The number of hydrogen-bond donors (Lipinski definition) is 1. The van der Waals surface area contributed by atoms with Crippen molar-refractivity contribution < 1.29 is 0 Å². The van der Waals surface area contributed by atoms with Gasteiger partial charge in [0.15, 0.2) is 0 Å².